The zero-order valence-corrected chi connectivity index (χ0v) is 22.4. The largest absolute Gasteiger partial charge is 0.463 e. The highest BCUT2D eigenvalue weighted by Crippen LogP contribution is 2.38. The van der Waals surface area contributed by atoms with Gasteiger partial charge in [0.2, 0.25) is 0 Å². The number of ether oxygens (including phenoxy) is 1. The Balaban J connectivity index is 1.79. The molecule has 1 aromatic carbocycles. The number of nitrogens with zero attached hydrogens (tertiary/aromatic N) is 4. The van der Waals surface area contributed by atoms with E-state index >= 15 is 0 Å². The number of halogens is 4. The summed E-state index contributed by atoms with van der Waals surface area (Å²) < 4.78 is 48.4. The summed E-state index contributed by atoms with van der Waals surface area (Å²) in [5, 5.41) is 5.46. The number of carbonyl (C=O) groups excluding carboxylic acids is 2. The van der Waals surface area contributed by atoms with Crippen LogP contribution < -0.4 is 5.32 Å². The van der Waals surface area contributed by atoms with E-state index in [1.165, 1.54) is 23.5 Å². The third kappa shape index (κ3) is 6.42. The second kappa shape index (κ2) is 11.9. The van der Waals surface area contributed by atoms with Gasteiger partial charge in [0.25, 0.3) is 5.92 Å². The maximum atomic E-state index is 14.6. The fraction of sp³-hybridized carbons (Fsp3) is 0.440. The summed E-state index contributed by atoms with van der Waals surface area (Å²) in [4.78, 5) is 36.4. The van der Waals surface area contributed by atoms with E-state index in [9.17, 15) is 22.8 Å². The predicted molar refractivity (Wildman–Crippen MR) is 138 cm³/mol. The lowest BCUT2D eigenvalue weighted by molar-refractivity contribution is -0.139. The van der Waals surface area contributed by atoms with Crippen LogP contribution in [0.4, 0.5) is 13.2 Å². The number of aldehydes is 1. The molecule has 0 saturated carbocycles. The van der Waals surface area contributed by atoms with Crippen molar-refractivity contribution in [2.24, 2.45) is 4.99 Å². The Morgan fingerprint density at radius 3 is 2.87 bits per heavy atom. The maximum Gasteiger partial charge on any atom is 0.338 e. The SMILES string of the molecule is CCOC(=O)C1=C(CN2CC(F)(F)CC2CN(C)CC=O)NC(c2nccs2)=N[C@H]1c1ccc(F)cc1Cl. The standard InChI is InChI=1S/C25H27ClF3N5O3S/c1-3-37-24(36)20-19(13-34-14-25(28,29)11-16(34)12-33(2)7-8-35)31-22(23-30-6-9-38-23)32-21(20)17-5-4-15(27)10-18(17)26/h4-6,8-10,16,21H,3,7,11-14H2,1-2H3,(H,31,32)/t16?,21-/m0/s1. The molecule has 2 atom stereocenters. The van der Waals surface area contributed by atoms with Crippen molar-refractivity contribution in [3.05, 3.63) is 62.5 Å². The average Bonchev–Trinajstić information content (AvgIpc) is 3.47. The molecule has 0 amide bonds. The van der Waals surface area contributed by atoms with Crippen LogP contribution in [-0.4, -0.2) is 84.7 Å². The summed E-state index contributed by atoms with van der Waals surface area (Å²) in [6, 6.07) is 2.21. The lowest BCUT2D eigenvalue weighted by atomic mass is 9.95. The lowest BCUT2D eigenvalue weighted by Gasteiger charge is -2.32. The summed E-state index contributed by atoms with van der Waals surface area (Å²) in [6.45, 7) is 1.48. The van der Waals surface area contributed by atoms with E-state index < -0.39 is 42.8 Å². The van der Waals surface area contributed by atoms with Crippen molar-refractivity contribution in [2.75, 3.05) is 39.8 Å². The molecular formula is C25H27ClF3N5O3S. The highest BCUT2D eigenvalue weighted by molar-refractivity contribution is 7.11. The van der Waals surface area contributed by atoms with E-state index in [2.05, 4.69) is 15.3 Å². The van der Waals surface area contributed by atoms with Crippen LogP contribution in [0.25, 0.3) is 0 Å². The molecule has 0 bridgehead atoms. The van der Waals surface area contributed by atoms with Crippen molar-refractivity contribution in [1.29, 1.82) is 0 Å². The number of nitrogens with one attached hydrogen (secondary N) is 1. The molecule has 1 N–H and O–H groups in total. The van der Waals surface area contributed by atoms with Crippen LogP contribution in [0.15, 0.2) is 46.0 Å². The van der Waals surface area contributed by atoms with Crippen molar-refractivity contribution < 1.29 is 27.5 Å². The van der Waals surface area contributed by atoms with E-state index in [-0.39, 0.29) is 36.8 Å². The Kier molecular flexibility index (Phi) is 8.86. The number of benzene rings is 1. The summed E-state index contributed by atoms with van der Waals surface area (Å²) in [5.74, 6) is -3.87. The first-order valence-corrected chi connectivity index (χ1v) is 13.2. The smallest absolute Gasteiger partial charge is 0.338 e. The van der Waals surface area contributed by atoms with Gasteiger partial charge < -0.3 is 14.8 Å². The van der Waals surface area contributed by atoms with Gasteiger partial charge in [-0.3, -0.25) is 14.8 Å². The summed E-state index contributed by atoms with van der Waals surface area (Å²) in [7, 11) is 1.69. The van der Waals surface area contributed by atoms with Gasteiger partial charge in [0.05, 0.1) is 25.3 Å². The zero-order chi connectivity index (χ0) is 27.4. The second-order valence-electron chi connectivity index (χ2n) is 9.13. The van der Waals surface area contributed by atoms with Gasteiger partial charge in [0, 0.05) is 53.4 Å². The molecular weight excluding hydrogens is 543 g/mol. The fourth-order valence-corrected chi connectivity index (χ4v) is 5.52. The van der Waals surface area contributed by atoms with Gasteiger partial charge in [0.15, 0.2) is 10.8 Å². The number of aromatic nitrogens is 1. The molecule has 204 valence electrons. The van der Waals surface area contributed by atoms with Crippen molar-refractivity contribution in [1.82, 2.24) is 20.1 Å². The van der Waals surface area contributed by atoms with Crippen LogP contribution in [0.5, 0.6) is 0 Å². The molecule has 2 aliphatic heterocycles. The van der Waals surface area contributed by atoms with E-state index in [0.717, 1.165) is 12.4 Å². The summed E-state index contributed by atoms with van der Waals surface area (Å²) in [5.41, 5.74) is 0.767. The minimum absolute atomic E-state index is 0.0525. The first kappa shape index (κ1) is 28.2. The number of likely N-dealkylation sites (N-methyl/N-ethyl adjacent to an activating group) is 1. The van der Waals surface area contributed by atoms with Crippen molar-refractivity contribution in [3.63, 3.8) is 0 Å². The van der Waals surface area contributed by atoms with Crippen molar-refractivity contribution in [3.8, 4) is 0 Å². The Morgan fingerprint density at radius 2 is 2.21 bits per heavy atom. The number of esters is 1. The zero-order valence-electron chi connectivity index (χ0n) is 20.8. The van der Waals surface area contributed by atoms with Crippen LogP contribution in [-0.2, 0) is 14.3 Å². The number of likely N-dealkylation sites (tertiary alicyclic amines) is 1. The highest BCUT2D eigenvalue weighted by atomic mass is 35.5. The van der Waals surface area contributed by atoms with E-state index in [1.807, 2.05) is 0 Å². The molecule has 13 heteroatoms. The van der Waals surface area contributed by atoms with Crippen LogP contribution in [0.3, 0.4) is 0 Å². The minimum Gasteiger partial charge on any atom is -0.463 e. The van der Waals surface area contributed by atoms with Crippen LogP contribution in [0, 0.1) is 5.82 Å². The lowest BCUT2D eigenvalue weighted by Crippen LogP contribution is -2.44. The number of thiazole rings is 1. The van der Waals surface area contributed by atoms with Gasteiger partial charge in [-0.2, -0.15) is 0 Å². The number of hydrogen-bond acceptors (Lipinski definition) is 9. The predicted octanol–water partition coefficient (Wildman–Crippen LogP) is 3.68. The van der Waals surface area contributed by atoms with E-state index in [0.29, 0.717) is 22.1 Å². The van der Waals surface area contributed by atoms with Crippen LogP contribution >= 0.6 is 22.9 Å². The normalized spacial score (nSPS) is 21.4. The average molecular weight is 570 g/mol. The Hall–Kier alpha value is -2.80. The molecule has 0 aliphatic carbocycles. The Morgan fingerprint density at radius 1 is 1.42 bits per heavy atom. The van der Waals surface area contributed by atoms with E-state index in [4.69, 9.17) is 16.3 Å². The molecule has 1 aromatic heterocycles. The minimum atomic E-state index is -2.95. The second-order valence-corrected chi connectivity index (χ2v) is 10.4. The quantitative estimate of drug-likeness (QED) is 0.345. The first-order valence-electron chi connectivity index (χ1n) is 12.0. The number of rotatable bonds is 10. The summed E-state index contributed by atoms with van der Waals surface area (Å²) >= 11 is 7.69. The topological polar surface area (TPSA) is 87.1 Å². The van der Waals surface area contributed by atoms with Crippen molar-refractivity contribution >= 4 is 41.0 Å². The molecule has 0 spiro atoms. The summed E-state index contributed by atoms with van der Waals surface area (Å²) in [6.07, 6.45) is 1.92. The molecule has 3 heterocycles. The number of amidine groups is 1. The molecule has 1 saturated heterocycles. The first-order chi connectivity index (χ1) is 18.1. The van der Waals surface area contributed by atoms with Crippen molar-refractivity contribution in [2.45, 2.75) is 31.4 Å². The fourth-order valence-electron chi connectivity index (χ4n) is 4.66. The monoisotopic (exact) mass is 569 g/mol. The third-order valence-electron chi connectivity index (χ3n) is 6.27. The van der Waals surface area contributed by atoms with Gasteiger partial charge >= 0.3 is 5.97 Å². The molecule has 2 aliphatic rings. The van der Waals surface area contributed by atoms with Gasteiger partial charge in [0.1, 0.15) is 18.1 Å². The molecule has 1 unspecified atom stereocenters. The highest BCUT2D eigenvalue weighted by Gasteiger charge is 2.46. The third-order valence-corrected chi connectivity index (χ3v) is 7.38. The number of hydrogen-bond donors (Lipinski definition) is 1. The van der Waals surface area contributed by atoms with Gasteiger partial charge in [-0.15, -0.1) is 11.3 Å². The van der Waals surface area contributed by atoms with Crippen LogP contribution in [0.2, 0.25) is 5.02 Å². The number of alkyl halides is 2. The molecule has 4 rings (SSSR count). The Labute approximate surface area is 227 Å². The van der Waals surface area contributed by atoms with Gasteiger partial charge in [-0.05, 0) is 26.1 Å². The molecule has 1 fully saturated rings. The molecule has 0 radical (unpaired) electrons. The molecule has 2 aromatic rings. The molecule has 38 heavy (non-hydrogen) atoms. The number of aliphatic imine (C=N–C) groups is 1. The van der Waals surface area contributed by atoms with Gasteiger partial charge in [-0.25, -0.2) is 22.9 Å². The Bertz CT molecular complexity index is 1240. The van der Waals surface area contributed by atoms with Gasteiger partial charge in [-0.1, -0.05) is 17.7 Å². The van der Waals surface area contributed by atoms with E-state index in [1.54, 1.807) is 35.3 Å². The van der Waals surface area contributed by atoms with Crippen LogP contribution in [0.1, 0.15) is 30.0 Å². The maximum absolute atomic E-state index is 14.6. The molecule has 8 nitrogen and oxygen atoms in total. The number of carbonyl (C=O) groups is 2.